The van der Waals surface area contributed by atoms with Crippen LogP contribution in [0.15, 0.2) is 70.7 Å². The highest BCUT2D eigenvalue weighted by Crippen LogP contribution is 2.33. The summed E-state index contributed by atoms with van der Waals surface area (Å²) in [5, 5.41) is 1.14. The van der Waals surface area contributed by atoms with Crippen molar-refractivity contribution in [2.24, 2.45) is 4.99 Å². The van der Waals surface area contributed by atoms with E-state index in [1.165, 1.54) is 16.7 Å². The Morgan fingerprint density at radius 1 is 1.12 bits per heavy atom. The predicted molar refractivity (Wildman–Crippen MR) is 107 cm³/mol. The van der Waals surface area contributed by atoms with Crippen molar-refractivity contribution in [3.8, 4) is 0 Å². The molecule has 0 saturated carbocycles. The third kappa shape index (κ3) is 3.24. The molecule has 0 spiro atoms. The topological polar surface area (TPSA) is 29.4 Å². The number of fused-ring (bicyclic) bond motifs is 1. The molecule has 1 aliphatic carbocycles. The maximum atomic E-state index is 12.6. The van der Waals surface area contributed by atoms with Crippen LogP contribution in [0.5, 0.6) is 0 Å². The van der Waals surface area contributed by atoms with Crippen molar-refractivity contribution in [1.82, 2.24) is 0 Å². The van der Waals surface area contributed by atoms with Crippen molar-refractivity contribution < 1.29 is 4.79 Å². The number of hydrogen-bond acceptors (Lipinski definition) is 3. The number of ketones is 1. The van der Waals surface area contributed by atoms with Gasteiger partial charge in [0.2, 0.25) is 0 Å². The molecule has 124 valence electrons. The summed E-state index contributed by atoms with van der Waals surface area (Å²) in [5.41, 5.74) is 6.75. The van der Waals surface area contributed by atoms with Crippen LogP contribution in [-0.2, 0) is 6.42 Å². The Balaban J connectivity index is 1.71. The average Bonchev–Trinajstić information content (AvgIpc) is 3.17. The van der Waals surface area contributed by atoms with E-state index in [0.717, 1.165) is 40.5 Å². The summed E-state index contributed by atoms with van der Waals surface area (Å²) < 4.78 is 0. The second kappa shape index (κ2) is 6.85. The van der Waals surface area contributed by atoms with Gasteiger partial charge in [-0.3, -0.25) is 9.79 Å². The van der Waals surface area contributed by atoms with E-state index in [9.17, 15) is 4.79 Å². The number of thioether (sulfide) groups is 1. The number of carbonyl (C=O) groups is 1. The highest BCUT2D eigenvalue weighted by atomic mass is 32.2. The Bertz CT molecular complexity index is 922. The molecule has 1 aliphatic heterocycles. The Kier molecular flexibility index (Phi) is 4.41. The first-order valence-electron chi connectivity index (χ1n) is 8.50. The van der Waals surface area contributed by atoms with Crippen LogP contribution in [0.4, 0.5) is 0 Å². The van der Waals surface area contributed by atoms with E-state index in [4.69, 9.17) is 0 Å². The number of hydrogen-bond donors (Lipinski definition) is 0. The molecule has 0 N–H and O–H groups in total. The third-order valence-corrected chi connectivity index (χ3v) is 5.65. The lowest BCUT2D eigenvalue weighted by molar-refractivity contribution is 0.104. The normalized spacial score (nSPS) is 17.9. The van der Waals surface area contributed by atoms with Gasteiger partial charge in [0.1, 0.15) is 0 Å². The Morgan fingerprint density at radius 3 is 2.72 bits per heavy atom. The van der Waals surface area contributed by atoms with E-state index in [2.05, 4.69) is 36.2 Å². The largest absolute Gasteiger partial charge is 0.289 e. The molecular weight excluding hydrogens is 326 g/mol. The number of aliphatic imine (C=N–C) groups is 1. The van der Waals surface area contributed by atoms with Crippen molar-refractivity contribution >= 4 is 28.7 Å². The van der Waals surface area contributed by atoms with Gasteiger partial charge in [-0.15, -0.1) is 11.8 Å². The van der Waals surface area contributed by atoms with E-state index < -0.39 is 0 Å². The molecule has 4 rings (SSSR count). The highest BCUT2D eigenvalue weighted by Gasteiger charge is 2.20. The SMILES string of the molecule is CC1=Cc2cccc(C3=NCCS3)c2CC1=CC(=O)c1ccccc1. The van der Waals surface area contributed by atoms with E-state index in [-0.39, 0.29) is 5.78 Å². The van der Waals surface area contributed by atoms with Crippen molar-refractivity contribution in [2.45, 2.75) is 13.3 Å². The summed E-state index contributed by atoms with van der Waals surface area (Å²) in [6, 6.07) is 15.9. The van der Waals surface area contributed by atoms with Crippen molar-refractivity contribution in [1.29, 1.82) is 0 Å². The molecule has 3 heteroatoms. The zero-order valence-corrected chi connectivity index (χ0v) is 15.0. The van der Waals surface area contributed by atoms with Crippen LogP contribution >= 0.6 is 11.8 Å². The standard InChI is InChI=1S/C22H19NOS/c1-15-12-17-8-5-9-19(22-23-10-11-25-22)20(17)13-18(15)14-21(24)16-6-3-2-4-7-16/h2-9,12,14H,10-11,13H2,1H3. The average molecular weight is 345 g/mol. The Labute approximate surface area is 152 Å². The van der Waals surface area contributed by atoms with Crippen LogP contribution in [-0.4, -0.2) is 23.1 Å². The molecule has 0 unspecified atom stereocenters. The molecule has 0 radical (unpaired) electrons. The maximum absolute atomic E-state index is 12.6. The van der Waals surface area contributed by atoms with Gasteiger partial charge in [-0.25, -0.2) is 0 Å². The van der Waals surface area contributed by atoms with Crippen molar-refractivity contribution in [3.63, 3.8) is 0 Å². The molecule has 2 aromatic carbocycles. The summed E-state index contributed by atoms with van der Waals surface area (Å²) in [7, 11) is 0. The van der Waals surface area contributed by atoms with E-state index in [0.29, 0.717) is 0 Å². The molecule has 2 aromatic rings. The maximum Gasteiger partial charge on any atom is 0.186 e. The lowest BCUT2D eigenvalue weighted by Gasteiger charge is -2.20. The number of nitrogens with zero attached hydrogens (tertiary/aromatic N) is 1. The molecule has 0 atom stereocenters. The molecule has 2 nitrogen and oxygen atoms in total. The smallest absolute Gasteiger partial charge is 0.186 e. The lowest BCUT2D eigenvalue weighted by atomic mass is 9.85. The molecule has 25 heavy (non-hydrogen) atoms. The van der Waals surface area contributed by atoms with Gasteiger partial charge >= 0.3 is 0 Å². The van der Waals surface area contributed by atoms with Crippen LogP contribution in [0, 0.1) is 0 Å². The second-order valence-corrected chi connectivity index (χ2v) is 7.40. The molecule has 0 saturated heterocycles. The molecule has 0 bridgehead atoms. The molecule has 0 amide bonds. The van der Waals surface area contributed by atoms with Crippen LogP contribution in [0.25, 0.3) is 6.08 Å². The van der Waals surface area contributed by atoms with Gasteiger partial charge in [0.25, 0.3) is 0 Å². The van der Waals surface area contributed by atoms with E-state index >= 15 is 0 Å². The van der Waals surface area contributed by atoms with Gasteiger partial charge < -0.3 is 0 Å². The van der Waals surface area contributed by atoms with Crippen LogP contribution in [0.3, 0.4) is 0 Å². The first kappa shape index (κ1) is 16.1. The van der Waals surface area contributed by atoms with Gasteiger partial charge in [-0.05, 0) is 41.7 Å². The molecule has 1 heterocycles. The lowest BCUT2D eigenvalue weighted by Crippen LogP contribution is -2.09. The molecule has 0 fully saturated rings. The number of allylic oxidation sites excluding steroid dienone is 3. The summed E-state index contributed by atoms with van der Waals surface area (Å²) in [5.74, 6) is 1.13. The molecule has 0 aromatic heterocycles. The van der Waals surface area contributed by atoms with Crippen molar-refractivity contribution in [3.05, 3.63) is 88.0 Å². The van der Waals surface area contributed by atoms with E-state index in [1.54, 1.807) is 6.08 Å². The zero-order valence-electron chi connectivity index (χ0n) is 14.2. The minimum atomic E-state index is 0.0665. The second-order valence-electron chi connectivity index (χ2n) is 6.31. The number of rotatable bonds is 3. The number of benzene rings is 2. The Hall–Kier alpha value is -2.39. The van der Waals surface area contributed by atoms with Gasteiger partial charge in [0.05, 0.1) is 5.04 Å². The van der Waals surface area contributed by atoms with Gasteiger partial charge in [-0.2, -0.15) is 0 Å². The fourth-order valence-electron chi connectivity index (χ4n) is 3.30. The molecular formula is C22H19NOS. The zero-order chi connectivity index (χ0) is 17.2. The first-order valence-corrected chi connectivity index (χ1v) is 9.49. The minimum absolute atomic E-state index is 0.0665. The fraction of sp³-hybridized carbons (Fsp3) is 0.182. The Morgan fingerprint density at radius 2 is 1.96 bits per heavy atom. The van der Waals surface area contributed by atoms with Crippen molar-refractivity contribution in [2.75, 3.05) is 12.3 Å². The van der Waals surface area contributed by atoms with E-state index in [1.807, 2.05) is 42.1 Å². The van der Waals surface area contributed by atoms with Crippen LogP contribution in [0.2, 0.25) is 0 Å². The summed E-state index contributed by atoms with van der Waals surface area (Å²) >= 11 is 1.82. The fourth-order valence-corrected chi connectivity index (χ4v) is 4.21. The van der Waals surface area contributed by atoms with Crippen LogP contribution < -0.4 is 0 Å². The predicted octanol–water partition coefficient (Wildman–Crippen LogP) is 4.95. The van der Waals surface area contributed by atoms with Gasteiger partial charge in [-0.1, -0.05) is 54.6 Å². The van der Waals surface area contributed by atoms with Gasteiger partial charge in [0.15, 0.2) is 5.78 Å². The van der Waals surface area contributed by atoms with Crippen LogP contribution in [0.1, 0.15) is 34.0 Å². The first-order chi connectivity index (χ1) is 12.2. The summed E-state index contributed by atoms with van der Waals surface area (Å²) in [4.78, 5) is 17.2. The summed E-state index contributed by atoms with van der Waals surface area (Å²) in [6.45, 7) is 2.98. The quantitative estimate of drug-likeness (QED) is 0.582. The summed E-state index contributed by atoms with van der Waals surface area (Å²) in [6.07, 6.45) is 4.77. The highest BCUT2D eigenvalue weighted by molar-refractivity contribution is 8.14. The molecule has 2 aliphatic rings. The monoisotopic (exact) mass is 345 g/mol. The van der Waals surface area contributed by atoms with Gasteiger partial charge in [0, 0.05) is 23.4 Å². The minimum Gasteiger partial charge on any atom is -0.289 e. The third-order valence-electron chi connectivity index (χ3n) is 4.64. The number of carbonyl (C=O) groups excluding carboxylic acids is 1.